The Bertz CT molecular complexity index is 699. The van der Waals surface area contributed by atoms with E-state index in [1.165, 1.54) is 0 Å². The van der Waals surface area contributed by atoms with Crippen LogP contribution in [0.15, 0.2) is 28.8 Å². The smallest absolute Gasteiger partial charge is 0.231 e. The van der Waals surface area contributed by atoms with Crippen molar-refractivity contribution >= 4 is 17.5 Å². The molecule has 0 N–H and O–H groups in total. The predicted molar refractivity (Wildman–Crippen MR) is 92.8 cm³/mol. The summed E-state index contributed by atoms with van der Waals surface area (Å²) in [6, 6.07) is 7.35. The van der Waals surface area contributed by atoms with Gasteiger partial charge in [-0.2, -0.15) is 4.98 Å². The van der Waals surface area contributed by atoms with E-state index in [0.29, 0.717) is 23.3 Å². The molecule has 1 aliphatic heterocycles. The third-order valence-electron chi connectivity index (χ3n) is 4.66. The zero-order valence-corrected chi connectivity index (χ0v) is 14.8. The van der Waals surface area contributed by atoms with Crippen LogP contribution in [0.4, 0.5) is 0 Å². The first-order valence-corrected chi connectivity index (χ1v) is 8.84. The fourth-order valence-corrected chi connectivity index (χ4v) is 3.11. The second kappa shape index (κ2) is 7.34. The fourth-order valence-electron chi connectivity index (χ4n) is 2.98. The van der Waals surface area contributed by atoms with Gasteiger partial charge in [-0.25, -0.2) is 0 Å². The van der Waals surface area contributed by atoms with E-state index in [2.05, 4.69) is 10.1 Å². The quantitative estimate of drug-likeness (QED) is 0.833. The summed E-state index contributed by atoms with van der Waals surface area (Å²) in [6.45, 7) is 5.50. The van der Waals surface area contributed by atoms with Crippen molar-refractivity contribution in [2.45, 2.75) is 39.0 Å². The first-order valence-electron chi connectivity index (χ1n) is 8.46. The van der Waals surface area contributed by atoms with E-state index >= 15 is 0 Å². The third-order valence-corrected chi connectivity index (χ3v) is 4.91. The zero-order valence-electron chi connectivity index (χ0n) is 14.0. The van der Waals surface area contributed by atoms with Gasteiger partial charge >= 0.3 is 0 Å². The van der Waals surface area contributed by atoms with Crippen molar-refractivity contribution in [2.24, 2.45) is 5.92 Å². The van der Waals surface area contributed by atoms with Gasteiger partial charge in [-0.05, 0) is 43.5 Å². The summed E-state index contributed by atoms with van der Waals surface area (Å²) in [7, 11) is 0. The van der Waals surface area contributed by atoms with Crippen LogP contribution in [0.1, 0.15) is 44.9 Å². The minimum atomic E-state index is 0.0658. The minimum absolute atomic E-state index is 0.0658. The highest BCUT2D eigenvalue weighted by atomic mass is 35.5. The van der Waals surface area contributed by atoms with E-state index in [9.17, 15) is 4.79 Å². The number of nitrogens with zero attached hydrogens (tertiary/aromatic N) is 3. The number of likely N-dealkylation sites (tertiary alicyclic amines) is 1. The van der Waals surface area contributed by atoms with E-state index in [1.807, 2.05) is 30.9 Å². The number of hydrogen-bond acceptors (Lipinski definition) is 4. The molecule has 2 heterocycles. The maximum Gasteiger partial charge on any atom is 0.231 e. The Balaban J connectivity index is 1.72. The molecule has 0 bridgehead atoms. The van der Waals surface area contributed by atoms with Crippen LogP contribution < -0.4 is 0 Å². The molecular formula is C18H22ClN3O2. The molecule has 5 nitrogen and oxygen atoms in total. The summed E-state index contributed by atoms with van der Waals surface area (Å²) in [5.41, 5.74) is 0.873. The molecule has 1 aromatic carbocycles. The van der Waals surface area contributed by atoms with Crippen LogP contribution in [0.2, 0.25) is 5.02 Å². The van der Waals surface area contributed by atoms with E-state index in [1.54, 1.807) is 12.1 Å². The molecule has 1 saturated heterocycles. The van der Waals surface area contributed by atoms with Gasteiger partial charge in [0.25, 0.3) is 0 Å². The van der Waals surface area contributed by atoms with Crippen molar-refractivity contribution in [3.63, 3.8) is 0 Å². The maximum absolute atomic E-state index is 12.4. The molecule has 1 aliphatic rings. The van der Waals surface area contributed by atoms with Crippen LogP contribution in [0.5, 0.6) is 0 Å². The molecule has 0 unspecified atom stereocenters. The van der Waals surface area contributed by atoms with E-state index in [0.717, 1.165) is 31.4 Å². The lowest BCUT2D eigenvalue weighted by atomic mass is 9.96. The maximum atomic E-state index is 12.4. The van der Waals surface area contributed by atoms with Crippen LogP contribution in [-0.2, 0) is 4.79 Å². The first kappa shape index (κ1) is 17.0. The topological polar surface area (TPSA) is 59.2 Å². The van der Waals surface area contributed by atoms with Crippen molar-refractivity contribution in [1.82, 2.24) is 15.0 Å². The molecule has 0 spiro atoms. The number of carbonyl (C=O) groups excluding carboxylic acids is 1. The van der Waals surface area contributed by atoms with Crippen molar-refractivity contribution < 1.29 is 9.32 Å². The summed E-state index contributed by atoms with van der Waals surface area (Å²) >= 11 is 5.91. The molecule has 0 saturated carbocycles. The monoisotopic (exact) mass is 347 g/mol. The molecule has 1 aromatic heterocycles. The number of benzene rings is 1. The Labute approximate surface area is 147 Å². The lowest BCUT2D eigenvalue weighted by molar-refractivity contribution is -0.136. The Hall–Kier alpha value is -1.88. The number of amides is 1. The van der Waals surface area contributed by atoms with Crippen LogP contribution in [0.3, 0.4) is 0 Å². The lowest BCUT2D eigenvalue weighted by Crippen LogP contribution is -2.41. The SMILES string of the molecule is CC[C@@H](C)C(=O)N1CCC[C@@H](c2nc(-c3ccc(Cl)cc3)no2)C1. The van der Waals surface area contributed by atoms with Gasteiger partial charge < -0.3 is 9.42 Å². The molecular weight excluding hydrogens is 326 g/mol. The number of hydrogen-bond donors (Lipinski definition) is 0. The molecule has 1 fully saturated rings. The summed E-state index contributed by atoms with van der Waals surface area (Å²) < 4.78 is 5.47. The van der Waals surface area contributed by atoms with Gasteiger partial charge in [-0.15, -0.1) is 0 Å². The molecule has 128 valence electrons. The number of piperidine rings is 1. The fraction of sp³-hybridized carbons (Fsp3) is 0.500. The summed E-state index contributed by atoms with van der Waals surface area (Å²) in [4.78, 5) is 18.9. The Morgan fingerprint density at radius 1 is 1.42 bits per heavy atom. The average molecular weight is 348 g/mol. The van der Waals surface area contributed by atoms with Gasteiger partial charge in [-0.3, -0.25) is 4.79 Å². The highest BCUT2D eigenvalue weighted by Gasteiger charge is 2.30. The summed E-state index contributed by atoms with van der Waals surface area (Å²) in [6.07, 6.45) is 2.79. The molecule has 0 radical (unpaired) electrons. The minimum Gasteiger partial charge on any atom is -0.342 e. The third kappa shape index (κ3) is 3.61. The first-order chi connectivity index (χ1) is 11.6. The molecule has 3 rings (SSSR count). The van der Waals surface area contributed by atoms with Crippen LogP contribution in [0, 0.1) is 5.92 Å². The van der Waals surface area contributed by atoms with Gasteiger partial charge in [0.1, 0.15) is 0 Å². The second-order valence-corrected chi connectivity index (χ2v) is 6.83. The Morgan fingerprint density at radius 2 is 2.17 bits per heavy atom. The normalized spacial score (nSPS) is 19.3. The van der Waals surface area contributed by atoms with Crippen molar-refractivity contribution in [2.75, 3.05) is 13.1 Å². The van der Waals surface area contributed by atoms with Crippen LogP contribution >= 0.6 is 11.6 Å². The molecule has 1 amide bonds. The number of rotatable bonds is 4. The van der Waals surface area contributed by atoms with Crippen molar-refractivity contribution in [3.8, 4) is 11.4 Å². The number of aromatic nitrogens is 2. The predicted octanol–water partition coefficient (Wildman–Crippen LogP) is 4.14. The molecule has 6 heteroatoms. The van der Waals surface area contributed by atoms with Crippen molar-refractivity contribution in [1.29, 1.82) is 0 Å². The molecule has 2 atom stereocenters. The molecule has 0 aliphatic carbocycles. The van der Waals surface area contributed by atoms with E-state index in [-0.39, 0.29) is 17.7 Å². The van der Waals surface area contributed by atoms with E-state index < -0.39 is 0 Å². The van der Waals surface area contributed by atoms with Gasteiger partial charge in [0, 0.05) is 29.6 Å². The largest absolute Gasteiger partial charge is 0.342 e. The number of carbonyl (C=O) groups is 1. The standard InChI is InChI=1S/C18H22ClN3O2/c1-3-12(2)18(23)22-10-4-5-14(11-22)17-20-16(21-24-17)13-6-8-15(19)9-7-13/h6-9,12,14H,3-5,10-11H2,1-2H3/t12-,14-/m1/s1. The van der Waals surface area contributed by atoms with Gasteiger partial charge in [0.2, 0.25) is 17.6 Å². The van der Waals surface area contributed by atoms with Gasteiger partial charge in [0.15, 0.2) is 0 Å². The Kier molecular flexibility index (Phi) is 5.19. The van der Waals surface area contributed by atoms with E-state index in [4.69, 9.17) is 16.1 Å². The van der Waals surface area contributed by atoms with Crippen molar-refractivity contribution in [3.05, 3.63) is 35.2 Å². The summed E-state index contributed by atoms with van der Waals surface area (Å²) in [5.74, 6) is 1.57. The van der Waals surface area contributed by atoms with Gasteiger partial charge in [0.05, 0.1) is 5.92 Å². The lowest BCUT2D eigenvalue weighted by Gasteiger charge is -2.32. The molecule has 2 aromatic rings. The highest BCUT2D eigenvalue weighted by molar-refractivity contribution is 6.30. The Morgan fingerprint density at radius 3 is 2.88 bits per heavy atom. The van der Waals surface area contributed by atoms with Crippen LogP contribution in [0.25, 0.3) is 11.4 Å². The second-order valence-electron chi connectivity index (χ2n) is 6.40. The summed E-state index contributed by atoms with van der Waals surface area (Å²) in [5, 5.41) is 4.75. The van der Waals surface area contributed by atoms with Crippen LogP contribution in [-0.4, -0.2) is 34.0 Å². The number of halogens is 1. The van der Waals surface area contributed by atoms with Gasteiger partial charge in [-0.1, -0.05) is 30.6 Å². The average Bonchev–Trinajstić information content (AvgIpc) is 3.11. The molecule has 24 heavy (non-hydrogen) atoms. The zero-order chi connectivity index (χ0) is 17.1. The highest BCUT2D eigenvalue weighted by Crippen LogP contribution is 2.28.